The van der Waals surface area contributed by atoms with E-state index in [1.54, 1.807) is 6.08 Å². The predicted molar refractivity (Wildman–Crippen MR) is 89.0 cm³/mol. The maximum Gasteiger partial charge on any atom is 0.121 e. The third-order valence-electron chi connectivity index (χ3n) is 3.76. The summed E-state index contributed by atoms with van der Waals surface area (Å²) in [6.07, 6.45) is 3.28. The highest BCUT2D eigenvalue weighted by atomic mass is 35.5. The minimum atomic E-state index is 0.157. The normalized spacial score (nSPS) is 14.0. The van der Waals surface area contributed by atoms with Gasteiger partial charge < -0.3 is 5.11 Å². The Kier molecular flexibility index (Phi) is 4.43. The Balaban J connectivity index is 2.07. The van der Waals surface area contributed by atoms with E-state index in [1.165, 1.54) is 4.42 Å². The second kappa shape index (κ2) is 6.32. The Labute approximate surface area is 139 Å². The van der Waals surface area contributed by atoms with Crippen molar-refractivity contribution in [3.05, 3.63) is 52.2 Å². The molecule has 0 saturated carbocycles. The molecule has 2 heterocycles. The number of aryl methyl sites for hydroxylation is 1. The molecule has 116 valence electrons. The number of hydrogen-bond acceptors (Lipinski definition) is 3. The van der Waals surface area contributed by atoms with Gasteiger partial charge in [-0.3, -0.25) is 8.99 Å². The molecule has 0 atom stereocenters. The third-order valence-corrected chi connectivity index (χ3v) is 4.46. The van der Waals surface area contributed by atoms with Crippen LogP contribution in [0.4, 0.5) is 0 Å². The Morgan fingerprint density at radius 1 is 1.27 bits per heavy atom. The smallest absolute Gasteiger partial charge is 0.121 e. The van der Waals surface area contributed by atoms with Gasteiger partial charge in [0.1, 0.15) is 11.0 Å². The first-order valence-corrected chi connectivity index (χ1v) is 7.96. The number of benzene rings is 1. The van der Waals surface area contributed by atoms with Crippen LogP contribution in [0.15, 0.2) is 29.4 Å². The van der Waals surface area contributed by atoms with Crippen LogP contribution in [-0.2, 0) is 19.4 Å². The molecule has 0 fully saturated rings. The summed E-state index contributed by atoms with van der Waals surface area (Å²) in [6, 6.07) is 8.15. The first kappa shape index (κ1) is 15.4. The van der Waals surface area contributed by atoms with Crippen LogP contribution in [0.1, 0.15) is 29.7 Å². The van der Waals surface area contributed by atoms with E-state index in [1.807, 2.05) is 24.3 Å². The van der Waals surface area contributed by atoms with Gasteiger partial charge in [-0.05, 0) is 24.1 Å². The molecule has 22 heavy (non-hydrogen) atoms. The van der Waals surface area contributed by atoms with Crippen LogP contribution in [0.25, 0.3) is 11.8 Å². The van der Waals surface area contributed by atoms with Gasteiger partial charge in [0.05, 0.1) is 17.9 Å². The molecule has 0 bridgehead atoms. The highest BCUT2D eigenvalue weighted by Crippen LogP contribution is 2.31. The quantitative estimate of drug-likeness (QED) is 0.686. The van der Waals surface area contributed by atoms with Crippen molar-refractivity contribution in [2.24, 2.45) is 0 Å². The van der Waals surface area contributed by atoms with Crippen molar-refractivity contribution in [3.63, 3.8) is 0 Å². The molecular weight excluding hydrogens is 321 g/mol. The maximum absolute atomic E-state index is 9.01. The third kappa shape index (κ3) is 2.74. The molecule has 3 rings (SSSR count). The summed E-state index contributed by atoms with van der Waals surface area (Å²) in [6.45, 7) is 2.75. The molecule has 4 nitrogen and oxygen atoms in total. The Morgan fingerprint density at radius 3 is 2.64 bits per heavy atom. The minimum Gasteiger partial charge on any atom is -0.396 e. The maximum atomic E-state index is 9.01. The summed E-state index contributed by atoms with van der Waals surface area (Å²) < 4.78 is 3.62. The fraction of sp³-hybridized carbons (Fsp3) is 0.312. The van der Waals surface area contributed by atoms with E-state index in [2.05, 4.69) is 16.5 Å². The lowest BCUT2D eigenvalue weighted by Crippen LogP contribution is -2.16. The molecule has 0 radical (unpaired) electrons. The first-order valence-electron chi connectivity index (χ1n) is 7.25. The molecular formula is C16H17Cl2N3O. The van der Waals surface area contributed by atoms with Crippen LogP contribution in [0.5, 0.6) is 0 Å². The molecule has 1 aromatic heterocycles. The van der Waals surface area contributed by atoms with Gasteiger partial charge in [0.25, 0.3) is 0 Å². The lowest BCUT2D eigenvalue weighted by molar-refractivity contribution is 0.299. The summed E-state index contributed by atoms with van der Waals surface area (Å²) in [4.78, 5) is 4.67. The molecule has 1 N–H and O–H groups in total. The number of imidazole rings is 1. The second-order valence-corrected chi connectivity index (χ2v) is 5.97. The van der Waals surface area contributed by atoms with E-state index < -0.39 is 0 Å². The van der Waals surface area contributed by atoms with Crippen LogP contribution in [-0.4, -0.2) is 25.7 Å². The molecule has 2 aromatic rings. The van der Waals surface area contributed by atoms with E-state index in [9.17, 15) is 0 Å². The molecule has 0 amide bonds. The number of aromatic nitrogens is 2. The van der Waals surface area contributed by atoms with Gasteiger partial charge in [-0.25, -0.2) is 4.98 Å². The topological polar surface area (TPSA) is 41.3 Å². The fourth-order valence-electron chi connectivity index (χ4n) is 2.66. The number of hydrogen-bond donors (Lipinski definition) is 1. The average molecular weight is 338 g/mol. The highest BCUT2D eigenvalue weighted by Gasteiger charge is 2.23. The van der Waals surface area contributed by atoms with Crippen LogP contribution >= 0.6 is 23.4 Å². The molecule has 0 saturated heterocycles. The SMILES string of the molecule is CCc1nc2c(n1-c1ccc(CCO)cc1)CN(Cl)C(Cl)=C2. The summed E-state index contributed by atoms with van der Waals surface area (Å²) in [5, 5.41) is 9.50. The molecule has 1 aromatic carbocycles. The highest BCUT2D eigenvalue weighted by molar-refractivity contribution is 6.35. The molecule has 6 heteroatoms. The Bertz CT molecular complexity index is 707. The van der Waals surface area contributed by atoms with Crippen molar-refractivity contribution in [2.45, 2.75) is 26.3 Å². The first-order chi connectivity index (χ1) is 10.6. The second-order valence-electron chi connectivity index (χ2n) is 5.18. The van der Waals surface area contributed by atoms with Crippen LogP contribution in [0.2, 0.25) is 0 Å². The summed E-state index contributed by atoms with van der Waals surface area (Å²) in [5.41, 5.74) is 4.06. The number of fused-ring (bicyclic) bond motifs is 1. The zero-order valence-electron chi connectivity index (χ0n) is 12.3. The summed E-state index contributed by atoms with van der Waals surface area (Å²) in [7, 11) is 0. The summed E-state index contributed by atoms with van der Waals surface area (Å²) in [5.74, 6) is 0.979. The van der Waals surface area contributed by atoms with Crippen molar-refractivity contribution in [1.29, 1.82) is 0 Å². The Morgan fingerprint density at radius 2 is 2.00 bits per heavy atom. The van der Waals surface area contributed by atoms with Crippen molar-refractivity contribution in [3.8, 4) is 5.69 Å². The number of nitrogens with zero attached hydrogens (tertiary/aromatic N) is 3. The van der Waals surface area contributed by atoms with Gasteiger partial charge in [0, 0.05) is 36.6 Å². The van der Waals surface area contributed by atoms with Crippen LogP contribution < -0.4 is 0 Å². The van der Waals surface area contributed by atoms with Crippen LogP contribution in [0, 0.1) is 0 Å². The van der Waals surface area contributed by atoms with Crippen LogP contribution in [0.3, 0.4) is 0 Å². The molecule has 0 aliphatic carbocycles. The standard InChI is InChI=1S/C16H17Cl2N3O/c1-2-16-19-13-9-15(17)20(18)10-14(13)21(16)12-5-3-11(4-6-12)7-8-22/h3-6,9,22H,2,7-8,10H2,1H3. The lowest BCUT2D eigenvalue weighted by Gasteiger charge is -2.21. The largest absolute Gasteiger partial charge is 0.396 e. The van der Waals surface area contributed by atoms with Crippen molar-refractivity contribution in [2.75, 3.05) is 6.61 Å². The van der Waals surface area contributed by atoms with Crippen molar-refractivity contribution >= 4 is 29.5 Å². The van der Waals surface area contributed by atoms with Gasteiger partial charge in [-0.2, -0.15) is 0 Å². The molecule has 1 aliphatic heterocycles. The lowest BCUT2D eigenvalue weighted by atomic mass is 10.1. The number of halogens is 2. The zero-order chi connectivity index (χ0) is 15.7. The van der Waals surface area contributed by atoms with E-state index in [0.717, 1.165) is 34.9 Å². The van der Waals surface area contributed by atoms with E-state index in [0.29, 0.717) is 18.1 Å². The van der Waals surface area contributed by atoms with E-state index in [4.69, 9.17) is 28.5 Å². The molecule has 0 unspecified atom stereocenters. The fourth-order valence-corrected chi connectivity index (χ4v) is 2.99. The molecule has 1 aliphatic rings. The minimum absolute atomic E-state index is 0.157. The van der Waals surface area contributed by atoms with Gasteiger partial charge >= 0.3 is 0 Å². The van der Waals surface area contributed by atoms with E-state index >= 15 is 0 Å². The average Bonchev–Trinajstić information content (AvgIpc) is 2.86. The van der Waals surface area contributed by atoms with Gasteiger partial charge in [0.15, 0.2) is 0 Å². The van der Waals surface area contributed by atoms with Gasteiger partial charge in [0.2, 0.25) is 0 Å². The monoisotopic (exact) mass is 337 g/mol. The van der Waals surface area contributed by atoms with E-state index in [-0.39, 0.29) is 6.61 Å². The predicted octanol–water partition coefficient (Wildman–Crippen LogP) is 3.48. The van der Waals surface area contributed by atoms with Crippen molar-refractivity contribution in [1.82, 2.24) is 14.0 Å². The Hall–Kier alpha value is -1.49. The van der Waals surface area contributed by atoms with Gasteiger partial charge in [-0.15, -0.1) is 0 Å². The number of aliphatic hydroxyl groups excluding tert-OH is 1. The van der Waals surface area contributed by atoms with Gasteiger partial charge in [-0.1, -0.05) is 30.7 Å². The van der Waals surface area contributed by atoms with Crippen molar-refractivity contribution < 1.29 is 5.11 Å². The number of rotatable bonds is 4. The number of aliphatic hydroxyl groups is 1. The summed E-state index contributed by atoms with van der Waals surface area (Å²) >= 11 is 12.2. The molecule has 0 spiro atoms. The zero-order valence-corrected chi connectivity index (χ0v) is 13.8.